The lowest BCUT2D eigenvalue weighted by Gasteiger charge is -2.15. The maximum Gasteiger partial charge on any atom is 0.308 e. The second kappa shape index (κ2) is 11.0. The Kier molecular flexibility index (Phi) is 9.33. The molecule has 0 bridgehead atoms. The van der Waals surface area contributed by atoms with Gasteiger partial charge in [0.2, 0.25) is 0 Å². The normalized spacial score (nSPS) is 13.4. The van der Waals surface area contributed by atoms with E-state index < -0.39 is 6.10 Å². The van der Waals surface area contributed by atoms with Gasteiger partial charge in [-0.15, -0.1) is 0 Å². The summed E-state index contributed by atoms with van der Waals surface area (Å²) in [6.07, 6.45) is 1.76. The number of rotatable bonds is 11. The number of methoxy groups -OCH3 is 1. The minimum atomic E-state index is -0.636. The van der Waals surface area contributed by atoms with Gasteiger partial charge >= 0.3 is 5.97 Å². The summed E-state index contributed by atoms with van der Waals surface area (Å²) < 4.78 is 15.7. The highest BCUT2D eigenvalue weighted by molar-refractivity contribution is 5.69. The maximum atomic E-state index is 11.2. The fraction of sp³-hybridized carbons (Fsp3) is 0.611. The zero-order chi connectivity index (χ0) is 17.1. The lowest BCUT2D eigenvalue weighted by molar-refractivity contribution is -0.145. The molecule has 1 aromatic rings. The van der Waals surface area contributed by atoms with Crippen molar-refractivity contribution in [1.82, 2.24) is 0 Å². The summed E-state index contributed by atoms with van der Waals surface area (Å²) in [6, 6.07) is 7.79. The second-order valence-corrected chi connectivity index (χ2v) is 5.56. The van der Waals surface area contributed by atoms with Gasteiger partial charge in [0, 0.05) is 0 Å². The first-order valence-corrected chi connectivity index (χ1v) is 8.13. The Morgan fingerprint density at radius 2 is 1.91 bits per heavy atom. The molecule has 0 radical (unpaired) electrons. The SMILES string of the molecule is CCOC(=O)C[C@@H](O)CCC[C@@H](C)OCc1ccc(OC)cc1. The predicted molar refractivity (Wildman–Crippen MR) is 88.4 cm³/mol. The van der Waals surface area contributed by atoms with Crippen molar-refractivity contribution >= 4 is 5.97 Å². The number of benzene rings is 1. The van der Waals surface area contributed by atoms with Crippen molar-refractivity contribution in [1.29, 1.82) is 0 Å². The number of ether oxygens (including phenoxy) is 3. The zero-order valence-corrected chi connectivity index (χ0v) is 14.3. The van der Waals surface area contributed by atoms with Crippen LogP contribution in [-0.4, -0.2) is 37.0 Å². The number of hydrogen-bond donors (Lipinski definition) is 1. The predicted octanol–water partition coefficient (Wildman–Crippen LogP) is 3.08. The summed E-state index contributed by atoms with van der Waals surface area (Å²) in [4.78, 5) is 11.2. The summed E-state index contributed by atoms with van der Waals surface area (Å²) in [6.45, 7) is 4.67. The van der Waals surface area contributed by atoms with Crippen molar-refractivity contribution in [3.05, 3.63) is 29.8 Å². The van der Waals surface area contributed by atoms with Crippen LogP contribution in [0, 0.1) is 0 Å². The Morgan fingerprint density at radius 3 is 2.52 bits per heavy atom. The van der Waals surface area contributed by atoms with Gasteiger partial charge in [0.1, 0.15) is 5.75 Å². The van der Waals surface area contributed by atoms with Crippen molar-refractivity contribution in [3.63, 3.8) is 0 Å². The molecule has 0 aliphatic heterocycles. The van der Waals surface area contributed by atoms with Crippen LogP contribution in [0.3, 0.4) is 0 Å². The van der Waals surface area contributed by atoms with Crippen LogP contribution in [0.5, 0.6) is 5.75 Å². The standard InChI is InChI=1S/C18H28O5/c1-4-22-18(20)12-16(19)7-5-6-14(2)23-13-15-8-10-17(21-3)11-9-15/h8-11,14,16,19H,4-7,12-13H2,1-3H3/t14-,16+/m1/s1. The summed E-state index contributed by atoms with van der Waals surface area (Å²) in [7, 11) is 1.64. The summed E-state index contributed by atoms with van der Waals surface area (Å²) in [5.41, 5.74) is 1.10. The highest BCUT2D eigenvalue weighted by Gasteiger charge is 2.12. The van der Waals surface area contributed by atoms with E-state index in [1.165, 1.54) is 0 Å². The lowest BCUT2D eigenvalue weighted by Crippen LogP contribution is -2.16. The molecular formula is C18H28O5. The second-order valence-electron chi connectivity index (χ2n) is 5.56. The summed E-state index contributed by atoms with van der Waals surface area (Å²) >= 11 is 0. The zero-order valence-electron chi connectivity index (χ0n) is 14.3. The average molecular weight is 324 g/mol. The smallest absolute Gasteiger partial charge is 0.308 e. The summed E-state index contributed by atoms with van der Waals surface area (Å²) in [5.74, 6) is 0.487. The van der Waals surface area contributed by atoms with E-state index in [1.54, 1.807) is 14.0 Å². The average Bonchev–Trinajstić information content (AvgIpc) is 2.53. The third-order valence-corrected chi connectivity index (χ3v) is 3.55. The van der Waals surface area contributed by atoms with Gasteiger partial charge in [0.25, 0.3) is 0 Å². The minimum Gasteiger partial charge on any atom is -0.497 e. The van der Waals surface area contributed by atoms with Crippen LogP contribution in [0.1, 0.15) is 45.1 Å². The lowest BCUT2D eigenvalue weighted by atomic mass is 10.1. The van der Waals surface area contributed by atoms with Crippen LogP contribution in [0.25, 0.3) is 0 Å². The molecule has 23 heavy (non-hydrogen) atoms. The van der Waals surface area contributed by atoms with Gasteiger partial charge < -0.3 is 19.3 Å². The van der Waals surface area contributed by atoms with E-state index in [0.29, 0.717) is 19.6 Å². The van der Waals surface area contributed by atoms with E-state index in [0.717, 1.165) is 24.2 Å². The molecule has 0 spiro atoms. The van der Waals surface area contributed by atoms with Crippen LogP contribution in [0.2, 0.25) is 0 Å². The molecule has 0 saturated heterocycles. The Morgan fingerprint density at radius 1 is 1.22 bits per heavy atom. The maximum absolute atomic E-state index is 11.2. The van der Waals surface area contributed by atoms with E-state index in [1.807, 2.05) is 31.2 Å². The van der Waals surface area contributed by atoms with Gasteiger partial charge in [-0.2, -0.15) is 0 Å². The molecule has 130 valence electrons. The number of carbonyl (C=O) groups is 1. The molecule has 0 heterocycles. The van der Waals surface area contributed by atoms with Crippen molar-refractivity contribution < 1.29 is 24.1 Å². The van der Waals surface area contributed by atoms with Crippen LogP contribution in [0.4, 0.5) is 0 Å². The van der Waals surface area contributed by atoms with E-state index in [2.05, 4.69) is 0 Å². The highest BCUT2D eigenvalue weighted by Crippen LogP contribution is 2.14. The molecule has 5 nitrogen and oxygen atoms in total. The molecule has 1 rings (SSSR count). The van der Waals surface area contributed by atoms with Gasteiger partial charge in [0.05, 0.1) is 39.0 Å². The molecule has 1 N–H and O–H groups in total. The van der Waals surface area contributed by atoms with Gasteiger partial charge in [-0.05, 0) is 50.8 Å². The summed E-state index contributed by atoms with van der Waals surface area (Å²) in [5, 5.41) is 9.76. The molecule has 5 heteroatoms. The van der Waals surface area contributed by atoms with Gasteiger partial charge in [-0.1, -0.05) is 12.1 Å². The molecular weight excluding hydrogens is 296 g/mol. The Balaban J connectivity index is 2.16. The fourth-order valence-electron chi connectivity index (χ4n) is 2.20. The third kappa shape index (κ3) is 8.57. The number of esters is 1. The van der Waals surface area contributed by atoms with E-state index in [-0.39, 0.29) is 18.5 Å². The number of hydrogen-bond acceptors (Lipinski definition) is 5. The monoisotopic (exact) mass is 324 g/mol. The molecule has 0 aliphatic carbocycles. The third-order valence-electron chi connectivity index (χ3n) is 3.55. The first-order chi connectivity index (χ1) is 11.0. The highest BCUT2D eigenvalue weighted by atomic mass is 16.5. The van der Waals surface area contributed by atoms with Gasteiger partial charge in [0.15, 0.2) is 0 Å². The van der Waals surface area contributed by atoms with Crippen LogP contribution in [0.15, 0.2) is 24.3 Å². The molecule has 1 aromatic carbocycles. The quantitative estimate of drug-likeness (QED) is 0.634. The van der Waals surface area contributed by atoms with Crippen molar-refractivity contribution in [2.45, 2.75) is 58.3 Å². The Bertz CT molecular complexity index is 443. The van der Waals surface area contributed by atoms with Crippen LogP contribution < -0.4 is 4.74 Å². The van der Waals surface area contributed by atoms with Gasteiger partial charge in [-0.25, -0.2) is 0 Å². The Labute approximate surface area is 138 Å². The molecule has 2 atom stereocenters. The first kappa shape index (κ1) is 19.5. The van der Waals surface area contributed by atoms with Crippen molar-refractivity contribution in [3.8, 4) is 5.75 Å². The molecule has 0 amide bonds. The first-order valence-electron chi connectivity index (χ1n) is 8.13. The number of aliphatic hydroxyl groups is 1. The number of aliphatic hydroxyl groups excluding tert-OH is 1. The van der Waals surface area contributed by atoms with Crippen LogP contribution in [-0.2, 0) is 20.9 Å². The topological polar surface area (TPSA) is 65.0 Å². The van der Waals surface area contributed by atoms with E-state index in [4.69, 9.17) is 14.2 Å². The number of carbonyl (C=O) groups excluding carboxylic acids is 1. The van der Waals surface area contributed by atoms with Crippen molar-refractivity contribution in [2.75, 3.05) is 13.7 Å². The molecule has 0 unspecified atom stereocenters. The largest absolute Gasteiger partial charge is 0.497 e. The van der Waals surface area contributed by atoms with E-state index in [9.17, 15) is 9.90 Å². The van der Waals surface area contributed by atoms with Gasteiger partial charge in [-0.3, -0.25) is 4.79 Å². The Hall–Kier alpha value is -1.59. The molecule has 0 fully saturated rings. The molecule has 0 aliphatic rings. The van der Waals surface area contributed by atoms with Crippen LogP contribution >= 0.6 is 0 Å². The molecule has 0 saturated carbocycles. The van der Waals surface area contributed by atoms with Crippen molar-refractivity contribution in [2.24, 2.45) is 0 Å². The fourth-order valence-corrected chi connectivity index (χ4v) is 2.20. The minimum absolute atomic E-state index is 0.0644. The van der Waals surface area contributed by atoms with E-state index >= 15 is 0 Å². The molecule has 0 aromatic heterocycles.